The van der Waals surface area contributed by atoms with Gasteiger partial charge in [-0.25, -0.2) is 4.98 Å². The fourth-order valence-corrected chi connectivity index (χ4v) is 2.78. The quantitative estimate of drug-likeness (QED) is 0.804. The van der Waals surface area contributed by atoms with Gasteiger partial charge in [0.1, 0.15) is 12.4 Å². The lowest BCUT2D eigenvalue weighted by atomic mass is 9.93. The molecule has 2 rings (SSSR count). The van der Waals surface area contributed by atoms with Crippen molar-refractivity contribution in [2.75, 3.05) is 6.61 Å². The van der Waals surface area contributed by atoms with Crippen LogP contribution >= 0.6 is 0 Å². The molecule has 1 heterocycles. The van der Waals surface area contributed by atoms with Crippen molar-refractivity contribution in [3.63, 3.8) is 0 Å². The normalized spacial score (nSPS) is 14.3. The predicted octanol–water partition coefficient (Wildman–Crippen LogP) is 4.01. The summed E-state index contributed by atoms with van der Waals surface area (Å²) in [5.41, 5.74) is 4.82. The lowest BCUT2D eigenvalue weighted by Gasteiger charge is -2.27. The van der Waals surface area contributed by atoms with Crippen molar-refractivity contribution in [3.05, 3.63) is 36.0 Å². The van der Waals surface area contributed by atoms with E-state index in [2.05, 4.69) is 9.97 Å². The molecule has 2 aromatic rings. The summed E-state index contributed by atoms with van der Waals surface area (Å²) >= 11 is 0. The highest BCUT2D eigenvalue weighted by Crippen LogP contribution is 2.39. The number of hydrogen-bond donors (Lipinski definition) is 2. The zero-order chi connectivity index (χ0) is 19.5. The molecule has 0 saturated carbocycles. The number of benzene rings is 1. The van der Waals surface area contributed by atoms with Gasteiger partial charge in [0, 0.05) is 17.3 Å². The Labute approximate surface area is 150 Å². The molecule has 1 aromatic carbocycles. The molecule has 5 nitrogen and oxygen atoms in total. The first kappa shape index (κ1) is 20.0. The van der Waals surface area contributed by atoms with Gasteiger partial charge < -0.3 is 15.6 Å². The summed E-state index contributed by atoms with van der Waals surface area (Å²) < 4.78 is 45.8. The molecule has 8 heteroatoms. The van der Waals surface area contributed by atoms with Gasteiger partial charge in [0.15, 0.2) is 0 Å². The van der Waals surface area contributed by atoms with Gasteiger partial charge in [-0.1, -0.05) is 13.8 Å². The highest BCUT2D eigenvalue weighted by atomic mass is 19.4. The van der Waals surface area contributed by atoms with Crippen molar-refractivity contribution in [3.8, 4) is 23.0 Å². The molecule has 1 atom stereocenters. The van der Waals surface area contributed by atoms with E-state index >= 15 is 0 Å². The van der Waals surface area contributed by atoms with E-state index in [0.29, 0.717) is 12.3 Å². The maximum atomic E-state index is 13.5. The fourth-order valence-electron chi connectivity index (χ4n) is 2.78. The molecule has 0 radical (unpaired) electrons. The van der Waals surface area contributed by atoms with E-state index < -0.39 is 23.3 Å². The van der Waals surface area contributed by atoms with Crippen LogP contribution in [0.3, 0.4) is 0 Å². The third kappa shape index (κ3) is 5.32. The molecule has 0 amide bonds. The third-order valence-electron chi connectivity index (χ3n) is 3.66. The Morgan fingerprint density at radius 3 is 2.50 bits per heavy atom. The van der Waals surface area contributed by atoms with E-state index in [0.717, 1.165) is 6.07 Å². The van der Waals surface area contributed by atoms with Gasteiger partial charge >= 0.3 is 12.2 Å². The van der Waals surface area contributed by atoms with Crippen LogP contribution in [0.1, 0.15) is 32.8 Å². The van der Waals surface area contributed by atoms with Gasteiger partial charge in [-0.15, -0.1) is 0 Å². The molecule has 0 aliphatic heterocycles. The fraction of sp³-hybridized carbons (Fsp3) is 0.444. The predicted molar refractivity (Wildman–Crippen MR) is 91.7 cm³/mol. The first-order chi connectivity index (χ1) is 12.0. The molecule has 142 valence electrons. The SMILES string of the molecule is CC(C)CC(C)(N)COc1ccc(-c2ccnc(O)n2)cc1C(F)(F)F. The lowest BCUT2D eigenvalue weighted by Crippen LogP contribution is -2.43. The first-order valence-corrected chi connectivity index (χ1v) is 8.13. The summed E-state index contributed by atoms with van der Waals surface area (Å²) in [6, 6.07) is 4.53. The van der Waals surface area contributed by atoms with E-state index in [1.807, 2.05) is 13.8 Å². The van der Waals surface area contributed by atoms with E-state index in [1.165, 1.54) is 24.4 Å². The number of nitrogens with zero attached hydrogens (tertiary/aromatic N) is 2. The minimum atomic E-state index is -4.61. The molecule has 26 heavy (non-hydrogen) atoms. The number of alkyl halides is 3. The van der Waals surface area contributed by atoms with Crippen molar-refractivity contribution in [2.45, 2.75) is 38.9 Å². The van der Waals surface area contributed by atoms with Crippen LogP contribution in [0.4, 0.5) is 13.2 Å². The van der Waals surface area contributed by atoms with E-state index in [1.54, 1.807) is 6.92 Å². The van der Waals surface area contributed by atoms with E-state index in [9.17, 15) is 18.3 Å². The van der Waals surface area contributed by atoms with Crippen LogP contribution in [0.25, 0.3) is 11.3 Å². The standard InChI is InChI=1S/C18H22F3N3O2/c1-11(2)9-17(3,22)10-26-15-5-4-12(8-13(15)18(19,20)21)14-6-7-23-16(25)24-14/h4-8,11H,9-10,22H2,1-3H3,(H,23,24,25). The average Bonchev–Trinajstić information content (AvgIpc) is 2.51. The van der Waals surface area contributed by atoms with Crippen molar-refractivity contribution in [2.24, 2.45) is 11.7 Å². The molecule has 0 aliphatic carbocycles. The lowest BCUT2D eigenvalue weighted by molar-refractivity contribution is -0.139. The summed E-state index contributed by atoms with van der Waals surface area (Å²) in [5.74, 6) is 0.00321. The second-order valence-corrected chi connectivity index (χ2v) is 6.99. The van der Waals surface area contributed by atoms with E-state index in [4.69, 9.17) is 10.5 Å². The largest absolute Gasteiger partial charge is 0.491 e. The van der Waals surface area contributed by atoms with Crippen LogP contribution in [-0.2, 0) is 6.18 Å². The zero-order valence-corrected chi connectivity index (χ0v) is 14.8. The van der Waals surface area contributed by atoms with Gasteiger partial charge in [-0.3, -0.25) is 0 Å². The Morgan fingerprint density at radius 2 is 1.92 bits per heavy atom. The number of hydrogen-bond acceptors (Lipinski definition) is 5. The zero-order valence-electron chi connectivity index (χ0n) is 14.8. The smallest absolute Gasteiger partial charge is 0.419 e. The second kappa shape index (κ2) is 7.49. The van der Waals surface area contributed by atoms with Crippen molar-refractivity contribution >= 4 is 0 Å². The molecule has 1 unspecified atom stereocenters. The Kier molecular flexibility index (Phi) is 5.75. The summed E-state index contributed by atoms with van der Waals surface area (Å²) in [6.07, 6.45) is -2.72. The number of aromatic nitrogens is 2. The highest BCUT2D eigenvalue weighted by molar-refractivity contribution is 5.62. The van der Waals surface area contributed by atoms with Gasteiger partial charge in [0.25, 0.3) is 0 Å². The summed E-state index contributed by atoms with van der Waals surface area (Å²) in [7, 11) is 0. The maximum absolute atomic E-state index is 13.5. The molecular weight excluding hydrogens is 347 g/mol. The number of ether oxygens (including phenoxy) is 1. The monoisotopic (exact) mass is 369 g/mol. The van der Waals surface area contributed by atoms with Gasteiger partial charge in [-0.05, 0) is 43.5 Å². The molecule has 0 spiro atoms. The number of nitrogens with two attached hydrogens (primary N) is 1. The van der Waals surface area contributed by atoms with Gasteiger partial charge in [0.2, 0.25) is 0 Å². The van der Waals surface area contributed by atoms with Crippen LogP contribution in [0.15, 0.2) is 30.5 Å². The number of aromatic hydroxyl groups is 1. The van der Waals surface area contributed by atoms with Crippen LogP contribution in [0, 0.1) is 5.92 Å². The molecule has 0 bridgehead atoms. The maximum Gasteiger partial charge on any atom is 0.419 e. The third-order valence-corrected chi connectivity index (χ3v) is 3.66. The van der Waals surface area contributed by atoms with Crippen LogP contribution in [-0.4, -0.2) is 27.2 Å². The Morgan fingerprint density at radius 1 is 1.23 bits per heavy atom. The average molecular weight is 369 g/mol. The molecule has 3 N–H and O–H groups in total. The molecule has 0 aliphatic rings. The summed E-state index contributed by atoms with van der Waals surface area (Å²) in [5, 5.41) is 9.32. The van der Waals surface area contributed by atoms with Gasteiger partial charge in [-0.2, -0.15) is 18.2 Å². The minimum Gasteiger partial charge on any atom is -0.491 e. The molecule has 0 fully saturated rings. The summed E-state index contributed by atoms with van der Waals surface area (Å²) in [6.45, 7) is 5.68. The topological polar surface area (TPSA) is 81.3 Å². The van der Waals surface area contributed by atoms with Crippen LogP contribution < -0.4 is 10.5 Å². The molecule has 1 aromatic heterocycles. The summed E-state index contributed by atoms with van der Waals surface area (Å²) in [4.78, 5) is 7.25. The Bertz CT molecular complexity index is 762. The van der Waals surface area contributed by atoms with Crippen LogP contribution in [0.5, 0.6) is 11.8 Å². The molecule has 0 saturated heterocycles. The minimum absolute atomic E-state index is 0.0398. The Balaban J connectivity index is 2.32. The number of halogens is 3. The van der Waals surface area contributed by atoms with Crippen molar-refractivity contribution < 1.29 is 23.0 Å². The Hall–Kier alpha value is -2.35. The van der Waals surface area contributed by atoms with Crippen LogP contribution in [0.2, 0.25) is 0 Å². The van der Waals surface area contributed by atoms with Crippen molar-refractivity contribution in [1.29, 1.82) is 0 Å². The van der Waals surface area contributed by atoms with Gasteiger partial charge in [0.05, 0.1) is 11.3 Å². The second-order valence-electron chi connectivity index (χ2n) is 6.99. The van der Waals surface area contributed by atoms with E-state index in [-0.39, 0.29) is 23.6 Å². The highest BCUT2D eigenvalue weighted by Gasteiger charge is 2.35. The molecular formula is C18H22F3N3O2. The number of rotatable bonds is 6. The first-order valence-electron chi connectivity index (χ1n) is 8.13. The van der Waals surface area contributed by atoms with Crippen molar-refractivity contribution in [1.82, 2.24) is 9.97 Å².